The molecule has 3 nitrogen and oxygen atoms in total. The summed E-state index contributed by atoms with van der Waals surface area (Å²) in [6, 6.07) is 15.3. The smallest absolute Gasteiger partial charge is 0.390 e. The highest BCUT2D eigenvalue weighted by Gasteiger charge is 2.23. The van der Waals surface area contributed by atoms with Crippen molar-refractivity contribution < 1.29 is 9.51 Å². The van der Waals surface area contributed by atoms with E-state index in [-0.39, 0.29) is 5.88 Å². The Bertz CT molecular complexity index is 757. The molecule has 0 saturated heterocycles. The number of nitriles is 1. The number of benzene rings is 1. The largest absolute Gasteiger partial charge is 0.458 e. The highest BCUT2D eigenvalue weighted by atomic mass is 32.1. The Balaban J connectivity index is 2.34. The molecule has 0 saturated carbocycles. The van der Waals surface area contributed by atoms with Crippen molar-refractivity contribution in [1.29, 1.82) is 5.26 Å². The molecule has 0 amide bonds. The van der Waals surface area contributed by atoms with E-state index in [1.54, 1.807) is 22.7 Å². The summed E-state index contributed by atoms with van der Waals surface area (Å²) in [4.78, 5) is 1.54. The van der Waals surface area contributed by atoms with Gasteiger partial charge >= 0.3 is 5.88 Å². The normalized spacial score (nSPS) is 10.4. The van der Waals surface area contributed by atoms with Gasteiger partial charge in [-0.1, -0.05) is 41.7 Å². The molecule has 4 heteroatoms. The van der Waals surface area contributed by atoms with Crippen molar-refractivity contribution in [3.63, 3.8) is 0 Å². The van der Waals surface area contributed by atoms with Crippen LogP contribution in [0.25, 0.3) is 15.3 Å². The number of hydrogen-bond acceptors (Lipinski definition) is 3. The SMILES string of the molecule is N#Cc1ccc[n+]2c(O)c(-c3ccccc3)sc12. The molecular weight excluding hydrogens is 244 g/mol. The second-order valence-corrected chi connectivity index (χ2v) is 4.83. The molecule has 18 heavy (non-hydrogen) atoms. The van der Waals surface area contributed by atoms with Crippen LogP contribution < -0.4 is 4.40 Å². The molecule has 0 spiro atoms. The van der Waals surface area contributed by atoms with Crippen LogP contribution in [0.4, 0.5) is 0 Å². The van der Waals surface area contributed by atoms with Crippen LogP contribution in [-0.2, 0) is 0 Å². The van der Waals surface area contributed by atoms with Gasteiger partial charge in [-0.25, -0.2) is 0 Å². The lowest BCUT2D eigenvalue weighted by Crippen LogP contribution is -2.18. The molecular formula is C14H9N2OS+. The molecule has 0 unspecified atom stereocenters. The molecule has 1 N–H and O–H groups in total. The zero-order valence-corrected chi connectivity index (χ0v) is 10.2. The Hall–Kier alpha value is -2.38. The summed E-state index contributed by atoms with van der Waals surface area (Å²) in [7, 11) is 0. The van der Waals surface area contributed by atoms with Crippen LogP contribution in [-0.4, -0.2) is 5.11 Å². The highest BCUT2D eigenvalue weighted by molar-refractivity contribution is 7.20. The third-order valence-corrected chi connectivity index (χ3v) is 3.97. The first-order valence-electron chi connectivity index (χ1n) is 5.43. The second-order valence-electron chi connectivity index (χ2n) is 3.83. The maximum absolute atomic E-state index is 10.2. The molecule has 0 aliphatic carbocycles. The Morgan fingerprint density at radius 3 is 2.61 bits per heavy atom. The van der Waals surface area contributed by atoms with Gasteiger partial charge in [-0.15, -0.1) is 4.40 Å². The average molecular weight is 253 g/mol. The summed E-state index contributed by atoms with van der Waals surface area (Å²) in [6.07, 6.45) is 1.76. The molecule has 0 aliphatic rings. The maximum Gasteiger partial charge on any atom is 0.390 e. The molecule has 2 heterocycles. The summed E-state index contributed by atoms with van der Waals surface area (Å²) >= 11 is 1.42. The Morgan fingerprint density at radius 2 is 1.89 bits per heavy atom. The second kappa shape index (κ2) is 4.13. The van der Waals surface area contributed by atoms with E-state index >= 15 is 0 Å². The summed E-state index contributed by atoms with van der Waals surface area (Å²) < 4.78 is 1.64. The van der Waals surface area contributed by atoms with Gasteiger partial charge in [0, 0.05) is 11.6 Å². The molecule has 86 valence electrons. The minimum atomic E-state index is 0.179. The molecule has 1 aromatic carbocycles. The third kappa shape index (κ3) is 1.53. The van der Waals surface area contributed by atoms with Gasteiger partial charge in [0.15, 0.2) is 11.1 Å². The van der Waals surface area contributed by atoms with Crippen LogP contribution in [0.3, 0.4) is 0 Å². The van der Waals surface area contributed by atoms with Crippen molar-refractivity contribution in [1.82, 2.24) is 0 Å². The van der Waals surface area contributed by atoms with Crippen molar-refractivity contribution in [2.24, 2.45) is 0 Å². The summed E-state index contributed by atoms with van der Waals surface area (Å²) in [5, 5.41) is 19.3. The molecule has 2 aromatic heterocycles. The van der Waals surface area contributed by atoms with Crippen LogP contribution in [0.5, 0.6) is 5.88 Å². The minimum Gasteiger partial charge on any atom is -0.458 e. The Labute approximate surface area is 108 Å². The van der Waals surface area contributed by atoms with E-state index in [1.165, 1.54) is 11.3 Å². The van der Waals surface area contributed by atoms with Crippen molar-refractivity contribution in [2.75, 3.05) is 0 Å². The average Bonchev–Trinajstić information content (AvgIpc) is 2.77. The molecule has 3 rings (SSSR count). The first kappa shape index (κ1) is 10.8. The van der Waals surface area contributed by atoms with Crippen molar-refractivity contribution in [2.45, 2.75) is 0 Å². The van der Waals surface area contributed by atoms with Crippen LogP contribution in [0.1, 0.15) is 5.56 Å². The molecule has 0 bridgehead atoms. The van der Waals surface area contributed by atoms with E-state index in [1.807, 2.05) is 30.3 Å². The minimum absolute atomic E-state index is 0.179. The van der Waals surface area contributed by atoms with Crippen molar-refractivity contribution in [3.8, 4) is 22.4 Å². The standard InChI is InChI=1S/C14H8N2OS/c15-9-11-7-4-8-16-13(17)12(18-14(11)16)10-5-2-1-3-6-10/h1-8H/p+1. The number of hydrogen-bond donors (Lipinski definition) is 1. The molecule has 0 aliphatic heterocycles. The maximum atomic E-state index is 10.2. The van der Waals surface area contributed by atoms with Crippen LogP contribution in [0.2, 0.25) is 0 Å². The predicted octanol–water partition coefficient (Wildman–Crippen LogP) is 2.73. The predicted molar refractivity (Wildman–Crippen MR) is 69.3 cm³/mol. The van der Waals surface area contributed by atoms with Gasteiger partial charge < -0.3 is 5.11 Å². The topological polar surface area (TPSA) is 48.1 Å². The van der Waals surface area contributed by atoms with Gasteiger partial charge in [0.2, 0.25) is 0 Å². The number of rotatable bonds is 1. The van der Waals surface area contributed by atoms with Gasteiger partial charge in [0.05, 0.1) is 0 Å². The zero-order valence-electron chi connectivity index (χ0n) is 9.37. The number of nitrogens with zero attached hydrogens (tertiary/aromatic N) is 2. The van der Waals surface area contributed by atoms with Crippen LogP contribution in [0, 0.1) is 11.3 Å². The van der Waals surface area contributed by atoms with E-state index in [2.05, 4.69) is 6.07 Å². The number of aromatic hydroxyl groups is 1. The van der Waals surface area contributed by atoms with E-state index in [9.17, 15) is 5.11 Å². The van der Waals surface area contributed by atoms with E-state index in [0.717, 1.165) is 15.3 Å². The van der Waals surface area contributed by atoms with Crippen molar-refractivity contribution in [3.05, 3.63) is 54.2 Å². The summed E-state index contributed by atoms with van der Waals surface area (Å²) in [5.74, 6) is 0.179. The Kier molecular flexibility index (Phi) is 2.47. The van der Waals surface area contributed by atoms with Gasteiger partial charge in [0.25, 0.3) is 4.83 Å². The lowest BCUT2D eigenvalue weighted by Gasteiger charge is -1.92. The molecule has 0 atom stereocenters. The fourth-order valence-electron chi connectivity index (χ4n) is 1.88. The van der Waals surface area contributed by atoms with Gasteiger partial charge in [-0.05, 0) is 6.07 Å². The van der Waals surface area contributed by atoms with Crippen molar-refractivity contribution >= 4 is 16.2 Å². The first-order valence-corrected chi connectivity index (χ1v) is 6.24. The Morgan fingerprint density at radius 1 is 1.11 bits per heavy atom. The summed E-state index contributed by atoms with van der Waals surface area (Å²) in [5.41, 5.74) is 1.52. The number of fused-ring (bicyclic) bond motifs is 1. The van der Waals surface area contributed by atoms with E-state index in [4.69, 9.17) is 5.26 Å². The van der Waals surface area contributed by atoms with Crippen LogP contribution in [0.15, 0.2) is 48.7 Å². The fourth-order valence-corrected chi connectivity index (χ4v) is 2.99. The molecule has 0 fully saturated rings. The highest BCUT2D eigenvalue weighted by Crippen LogP contribution is 2.34. The van der Waals surface area contributed by atoms with Crippen LogP contribution >= 0.6 is 11.3 Å². The number of aromatic nitrogens is 1. The summed E-state index contributed by atoms with van der Waals surface area (Å²) in [6.45, 7) is 0. The van der Waals surface area contributed by atoms with E-state index in [0.29, 0.717) is 5.56 Å². The molecule has 3 aromatic rings. The lowest BCUT2D eigenvalue weighted by atomic mass is 10.2. The monoisotopic (exact) mass is 253 g/mol. The quantitative estimate of drug-likeness (QED) is 0.678. The third-order valence-electron chi connectivity index (χ3n) is 2.73. The number of thiazole rings is 1. The zero-order chi connectivity index (χ0) is 12.5. The fraction of sp³-hybridized carbons (Fsp3) is 0. The lowest BCUT2D eigenvalue weighted by molar-refractivity contribution is -0.517. The van der Waals surface area contributed by atoms with Gasteiger partial charge in [0.1, 0.15) is 11.6 Å². The van der Waals surface area contributed by atoms with Gasteiger partial charge in [-0.3, -0.25) is 0 Å². The number of pyridine rings is 1. The first-order chi connectivity index (χ1) is 8.81. The van der Waals surface area contributed by atoms with Gasteiger partial charge in [-0.2, -0.15) is 5.26 Å². The van der Waals surface area contributed by atoms with E-state index < -0.39 is 0 Å². The molecule has 0 radical (unpaired) electrons.